The molecule has 2 N–H and O–H groups in total. The molecule has 51 heavy (non-hydrogen) atoms. The van der Waals surface area contributed by atoms with Gasteiger partial charge < -0.3 is 19.5 Å². The molecule has 0 aromatic heterocycles. The Morgan fingerprint density at radius 1 is 0.980 bits per heavy atom. The summed E-state index contributed by atoms with van der Waals surface area (Å²) in [7, 11) is 0.0462. The number of amides is 2. The van der Waals surface area contributed by atoms with Crippen LogP contribution in [0.25, 0.3) is 11.6 Å². The van der Waals surface area contributed by atoms with E-state index in [1.54, 1.807) is 18.2 Å². The van der Waals surface area contributed by atoms with Gasteiger partial charge in [-0.1, -0.05) is 46.3 Å². The number of phenols is 1. The van der Waals surface area contributed by atoms with Crippen LogP contribution in [0.15, 0.2) is 82.3 Å². The number of hydrogen-bond donors (Lipinski definition) is 2. The molecule has 0 radical (unpaired) electrons. The van der Waals surface area contributed by atoms with Gasteiger partial charge in [-0.3, -0.25) is 9.59 Å². The molecule has 3 aromatic carbocycles. The monoisotopic (exact) mass is 777 g/mol. The first-order valence-electron chi connectivity index (χ1n) is 16.0. The maximum absolute atomic E-state index is 14.0. The SMILES string of the molecule is COCC1=C2[C@@H](CC/C(=C/c3cc(Br)ccc3O)c3ccccc3)OB(O)C[C@@H]2[C@@H]2C(=O)N(c3cc(C(F)(F)F)cc(C(F)(F)F)c3)C(=O)[C@@H]2C1. The highest BCUT2D eigenvalue weighted by Gasteiger charge is 2.58. The van der Waals surface area contributed by atoms with Gasteiger partial charge in [-0.25, -0.2) is 4.90 Å². The van der Waals surface area contributed by atoms with Crippen LogP contribution in [0.4, 0.5) is 32.0 Å². The first-order chi connectivity index (χ1) is 24.1. The van der Waals surface area contributed by atoms with E-state index in [9.17, 15) is 46.1 Å². The molecule has 2 amide bonds. The fourth-order valence-electron chi connectivity index (χ4n) is 7.46. The molecule has 1 aliphatic carbocycles. The van der Waals surface area contributed by atoms with Crippen molar-refractivity contribution in [1.82, 2.24) is 0 Å². The van der Waals surface area contributed by atoms with Crippen molar-refractivity contribution in [2.75, 3.05) is 18.6 Å². The molecular formula is C36H31BBrF6NO6. The number of fused-ring (bicyclic) bond motifs is 3. The van der Waals surface area contributed by atoms with Gasteiger partial charge in [-0.05, 0) is 96.3 Å². The minimum atomic E-state index is -5.18. The summed E-state index contributed by atoms with van der Waals surface area (Å²) in [5.74, 6) is -4.90. The number of nitrogens with zero attached hydrogens (tertiary/aromatic N) is 1. The van der Waals surface area contributed by atoms with Crippen molar-refractivity contribution in [2.45, 2.75) is 44.0 Å². The van der Waals surface area contributed by atoms with Crippen molar-refractivity contribution < 1.29 is 55.5 Å². The molecule has 0 spiro atoms. The second-order valence-electron chi connectivity index (χ2n) is 12.8. The van der Waals surface area contributed by atoms with E-state index < -0.39 is 72.0 Å². The molecule has 2 aliphatic heterocycles. The number of phenolic OH excluding ortho intramolecular Hbond substituents is 1. The standard InChI is InChI=1S/C36H31BBrF6NO6/c1-50-18-22-13-27-32(34(48)45(33(27)47)26-15-23(35(39,40)41)14-24(16-26)36(42,43)44)28-17-37(49)51-30(31(22)28)10-7-20(19-5-3-2-4-6-19)11-21-12-25(38)8-9-29(21)46/h2-6,8-9,11-12,14-16,27-28,30,32,46,49H,7,10,13,17-18H2,1H3/b20-11-/t27-,28+,30-,32-/m1/s1. The summed E-state index contributed by atoms with van der Waals surface area (Å²) in [6.07, 6.45) is -8.86. The lowest BCUT2D eigenvalue weighted by molar-refractivity contribution is -0.143. The van der Waals surface area contributed by atoms with Crippen molar-refractivity contribution in [3.05, 3.63) is 105 Å². The Morgan fingerprint density at radius 2 is 1.65 bits per heavy atom. The van der Waals surface area contributed by atoms with Gasteiger partial charge in [0.15, 0.2) is 0 Å². The Morgan fingerprint density at radius 3 is 2.27 bits per heavy atom. The molecule has 268 valence electrons. The largest absolute Gasteiger partial charge is 0.507 e. The highest BCUT2D eigenvalue weighted by atomic mass is 79.9. The third-order valence-corrected chi connectivity index (χ3v) is 10.1. The number of anilines is 1. The fraction of sp³-hybridized carbons (Fsp3) is 0.333. The molecule has 3 aliphatic rings. The van der Waals surface area contributed by atoms with Gasteiger partial charge in [0.25, 0.3) is 0 Å². The zero-order valence-electron chi connectivity index (χ0n) is 27.0. The predicted molar refractivity (Wildman–Crippen MR) is 180 cm³/mol. The summed E-state index contributed by atoms with van der Waals surface area (Å²) >= 11 is 3.42. The van der Waals surface area contributed by atoms with Crippen LogP contribution in [0.1, 0.15) is 41.5 Å². The lowest BCUT2D eigenvalue weighted by Gasteiger charge is -2.43. The van der Waals surface area contributed by atoms with E-state index in [1.165, 1.54) is 7.11 Å². The van der Waals surface area contributed by atoms with E-state index in [2.05, 4.69) is 15.9 Å². The average molecular weight is 778 g/mol. The molecule has 0 bridgehead atoms. The van der Waals surface area contributed by atoms with Crippen molar-refractivity contribution in [3.63, 3.8) is 0 Å². The number of hydrogen-bond acceptors (Lipinski definition) is 6. The normalized spacial score (nSPS) is 22.8. The number of carbonyl (C=O) groups is 2. The van der Waals surface area contributed by atoms with Crippen LogP contribution in [0.2, 0.25) is 6.32 Å². The van der Waals surface area contributed by atoms with Crippen molar-refractivity contribution >= 4 is 52.2 Å². The quantitative estimate of drug-likeness (QED) is 0.0789. The lowest BCUT2D eigenvalue weighted by Crippen LogP contribution is -2.46. The maximum Gasteiger partial charge on any atom is 0.455 e. The Balaban J connectivity index is 1.36. The van der Waals surface area contributed by atoms with E-state index in [1.807, 2.05) is 36.4 Å². The zero-order valence-corrected chi connectivity index (χ0v) is 28.6. The summed E-state index contributed by atoms with van der Waals surface area (Å²) < 4.78 is 94.5. The highest BCUT2D eigenvalue weighted by Crippen LogP contribution is 2.52. The number of methoxy groups -OCH3 is 1. The number of ether oxygens (including phenoxy) is 1. The van der Waals surface area contributed by atoms with E-state index in [0.29, 0.717) is 40.2 Å². The Hall–Kier alpha value is -3.92. The molecule has 0 unspecified atom stereocenters. The van der Waals surface area contributed by atoms with E-state index >= 15 is 0 Å². The number of imide groups is 1. The van der Waals surface area contributed by atoms with Gasteiger partial charge in [0.05, 0.1) is 41.4 Å². The summed E-state index contributed by atoms with van der Waals surface area (Å²) in [6.45, 7) is 0.0154. The van der Waals surface area contributed by atoms with E-state index in [0.717, 1.165) is 15.6 Å². The average Bonchev–Trinajstić information content (AvgIpc) is 3.32. The summed E-state index contributed by atoms with van der Waals surface area (Å²) in [4.78, 5) is 28.3. The van der Waals surface area contributed by atoms with Crippen LogP contribution in [0, 0.1) is 17.8 Å². The third kappa shape index (κ3) is 7.53. The first-order valence-corrected chi connectivity index (χ1v) is 16.8. The van der Waals surface area contributed by atoms with Crippen LogP contribution < -0.4 is 4.90 Å². The molecule has 2 saturated heterocycles. The van der Waals surface area contributed by atoms with Crippen molar-refractivity contribution in [2.24, 2.45) is 17.8 Å². The minimum absolute atomic E-state index is 0.0154. The fourth-order valence-corrected chi connectivity index (χ4v) is 7.84. The molecular weight excluding hydrogens is 747 g/mol. The Bertz CT molecular complexity index is 1870. The smallest absolute Gasteiger partial charge is 0.455 e. The van der Waals surface area contributed by atoms with Gasteiger partial charge in [0.2, 0.25) is 11.8 Å². The molecule has 0 saturated carbocycles. The topological polar surface area (TPSA) is 96.3 Å². The number of rotatable bonds is 8. The second kappa shape index (κ2) is 14.2. The number of carbonyl (C=O) groups excluding carboxylic acids is 2. The first kappa shape index (κ1) is 36.9. The number of alkyl halides is 6. The van der Waals surface area contributed by atoms with Crippen LogP contribution >= 0.6 is 15.9 Å². The Labute approximate surface area is 297 Å². The van der Waals surface area contributed by atoms with Gasteiger partial charge in [-0.15, -0.1) is 0 Å². The molecule has 4 atom stereocenters. The van der Waals surface area contributed by atoms with Crippen LogP contribution in [0.3, 0.4) is 0 Å². The molecule has 2 heterocycles. The second-order valence-corrected chi connectivity index (χ2v) is 13.7. The lowest BCUT2D eigenvalue weighted by atomic mass is 9.58. The Kier molecular flexibility index (Phi) is 10.3. The number of benzene rings is 3. The minimum Gasteiger partial charge on any atom is -0.507 e. The summed E-state index contributed by atoms with van der Waals surface area (Å²) in [5.41, 5.74) is -0.690. The van der Waals surface area contributed by atoms with Crippen molar-refractivity contribution in [3.8, 4) is 5.75 Å². The molecule has 3 aromatic rings. The van der Waals surface area contributed by atoms with Gasteiger partial charge in [-0.2, -0.15) is 26.3 Å². The van der Waals surface area contributed by atoms with Crippen molar-refractivity contribution in [1.29, 1.82) is 0 Å². The number of aromatic hydroxyl groups is 1. The number of halogens is 7. The van der Waals surface area contributed by atoms with Gasteiger partial charge in [0.1, 0.15) is 5.75 Å². The number of allylic oxidation sites excluding steroid dienone is 1. The zero-order chi connectivity index (χ0) is 36.8. The highest BCUT2D eigenvalue weighted by molar-refractivity contribution is 9.10. The van der Waals surface area contributed by atoms with Crippen LogP contribution in [-0.2, 0) is 31.3 Å². The van der Waals surface area contributed by atoms with E-state index in [-0.39, 0.29) is 37.6 Å². The summed E-state index contributed by atoms with van der Waals surface area (Å²) in [5, 5.41) is 21.5. The van der Waals surface area contributed by atoms with Crippen LogP contribution in [0.5, 0.6) is 5.75 Å². The van der Waals surface area contributed by atoms with Gasteiger partial charge >= 0.3 is 19.5 Å². The van der Waals surface area contributed by atoms with Gasteiger partial charge in [0, 0.05) is 17.1 Å². The third-order valence-electron chi connectivity index (χ3n) is 9.60. The van der Waals surface area contributed by atoms with E-state index in [4.69, 9.17) is 9.39 Å². The predicted octanol–water partition coefficient (Wildman–Crippen LogP) is 8.16. The molecule has 6 rings (SSSR count). The van der Waals surface area contributed by atoms with Crippen LogP contribution in [-0.4, -0.2) is 48.9 Å². The molecule has 2 fully saturated rings. The summed E-state index contributed by atoms with van der Waals surface area (Å²) in [6, 6.07) is 15.1. The molecule has 15 heteroatoms. The molecule has 7 nitrogen and oxygen atoms in total. The maximum atomic E-state index is 14.0.